The SMILES string of the molecule is CCc1cc(CC(C)(C)C2CCC(C)CC2Cl)n(C)n1. The minimum atomic E-state index is 0.241. The number of alkyl halides is 1. The summed E-state index contributed by atoms with van der Waals surface area (Å²) in [6.45, 7) is 9.24. The van der Waals surface area contributed by atoms with Gasteiger partial charge in [0, 0.05) is 18.1 Å². The second-order valence-electron chi connectivity index (χ2n) is 7.31. The van der Waals surface area contributed by atoms with Crippen LogP contribution in [0.2, 0.25) is 0 Å². The van der Waals surface area contributed by atoms with Gasteiger partial charge in [-0.05, 0) is 49.0 Å². The molecule has 0 aromatic carbocycles. The van der Waals surface area contributed by atoms with Gasteiger partial charge in [-0.1, -0.05) is 34.1 Å². The molecule has 3 unspecified atom stereocenters. The van der Waals surface area contributed by atoms with Crippen LogP contribution in [0.4, 0.5) is 0 Å². The molecule has 1 aromatic rings. The number of hydrogen-bond acceptors (Lipinski definition) is 1. The van der Waals surface area contributed by atoms with Crippen molar-refractivity contribution in [2.45, 2.75) is 65.2 Å². The summed E-state index contributed by atoms with van der Waals surface area (Å²) in [5.41, 5.74) is 2.78. The third kappa shape index (κ3) is 3.39. The Kier molecular flexibility index (Phi) is 4.84. The number of hydrogen-bond donors (Lipinski definition) is 0. The van der Waals surface area contributed by atoms with Crippen molar-refractivity contribution in [3.05, 3.63) is 17.5 Å². The second-order valence-corrected chi connectivity index (χ2v) is 7.87. The minimum absolute atomic E-state index is 0.241. The van der Waals surface area contributed by atoms with Crippen LogP contribution in [0.5, 0.6) is 0 Å². The lowest BCUT2D eigenvalue weighted by Gasteiger charge is -2.42. The van der Waals surface area contributed by atoms with Crippen molar-refractivity contribution >= 4 is 11.6 Å². The van der Waals surface area contributed by atoms with E-state index >= 15 is 0 Å². The maximum atomic E-state index is 6.68. The minimum Gasteiger partial charge on any atom is -0.272 e. The van der Waals surface area contributed by atoms with Crippen molar-refractivity contribution in [1.82, 2.24) is 9.78 Å². The lowest BCUT2D eigenvalue weighted by atomic mass is 9.67. The van der Waals surface area contributed by atoms with Crippen LogP contribution in [0.15, 0.2) is 6.07 Å². The predicted molar refractivity (Wildman–Crippen MR) is 86.2 cm³/mol. The Morgan fingerprint density at radius 1 is 1.40 bits per heavy atom. The van der Waals surface area contributed by atoms with E-state index in [-0.39, 0.29) is 5.41 Å². The van der Waals surface area contributed by atoms with Crippen LogP contribution in [-0.4, -0.2) is 15.2 Å². The largest absolute Gasteiger partial charge is 0.272 e. The summed E-state index contributed by atoms with van der Waals surface area (Å²) in [5, 5.41) is 4.90. The molecule has 0 amide bonds. The molecule has 1 heterocycles. The van der Waals surface area contributed by atoms with Gasteiger partial charge in [-0.2, -0.15) is 5.10 Å². The summed E-state index contributed by atoms with van der Waals surface area (Å²) < 4.78 is 2.05. The van der Waals surface area contributed by atoms with Gasteiger partial charge >= 0.3 is 0 Å². The third-order valence-corrected chi connectivity index (χ3v) is 5.55. The average Bonchev–Trinajstić information content (AvgIpc) is 2.69. The molecule has 1 fully saturated rings. The third-order valence-electron chi connectivity index (χ3n) is 5.06. The van der Waals surface area contributed by atoms with E-state index in [4.69, 9.17) is 11.6 Å². The number of halogens is 1. The van der Waals surface area contributed by atoms with Crippen LogP contribution in [0.3, 0.4) is 0 Å². The molecule has 0 saturated heterocycles. The summed E-state index contributed by atoms with van der Waals surface area (Å²) >= 11 is 6.68. The van der Waals surface area contributed by atoms with Crippen LogP contribution >= 0.6 is 11.6 Å². The lowest BCUT2D eigenvalue weighted by molar-refractivity contribution is 0.139. The van der Waals surface area contributed by atoms with E-state index in [0.29, 0.717) is 11.3 Å². The number of aryl methyl sites for hydroxylation is 2. The van der Waals surface area contributed by atoms with Crippen molar-refractivity contribution in [3.63, 3.8) is 0 Å². The fraction of sp³-hybridized carbons (Fsp3) is 0.824. The molecular weight excluding hydrogens is 268 g/mol. The number of aromatic nitrogens is 2. The summed E-state index contributed by atoms with van der Waals surface area (Å²) in [4.78, 5) is 0. The monoisotopic (exact) mass is 296 g/mol. The van der Waals surface area contributed by atoms with Gasteiger partial charge in [-0.25, -0.2) is 0 Å². The fourth-order valence-corrected chi connectivity index (χ4v) is 4.47. The molecule has 114 valence electrons. The van der Waals surface area contributed by atoms with Crippen molar-refractivity contribution in [1.29, 1.82) is 0 Å². The Balaban J connectivity index is 2.11. The van der Waals surface area contributed by atoms with E-state index in [0.717, 1.165) is 18.8 Å². The van der Waals surface area contributed by atoms with Gasteiger partial charge in [0.1, 0.15) is 0 Å². The van der Waals surface area contributed by atoms with Crippen LogP contribution in [0.25, 0.3) is 0 Å². The van der Waals surface area contributed by atoms with E-state index in [1.165, 1.54) is 30.7 Å². The molecular formula is C17H29ClN2. The van der Waals surface area contributed by atoms with Crippen molar-refractivity contribution in [3.8, 4) is 0 Å². The van der Waals surface area contributed by atoms with Crippen LogP contribution in [-0.2, 0) is 19.9 Å². The lowest BCUT2D eigenvalue weighted by Crippen LogP contribution is -2.37. The molecule has 1 aromatic heterocycles. The topological polar surface area (TPSA) is 17.8 Å². The van der Waals surface area contributed by atoms with Gasteiger partial charge in [0.25, 0.3) is 0 Å². The second kappa shape index (κ2) is 6.09. The summed E-state index contributed by atoms with van der Waals surface area (Å²) in [6.07, 6.45) is 5.83. The Morgan fingerprint density at radius 3 is 2.65 bits per heavy atom. The quantitative estimate of drug-likeness (QED) is 0.743. The molecule has 0 bridgehead atoms. The molecule has 1 saturated carbocycles. The van der Waals surface area contributed by atoms with Gasteiger partial charge in [0.15, 0.2) is 0 Å². The number of rotatable bonds is 4. The van der Waals surface area contributed by atoms with E-state index in [9.17, 15) is 0 Å². The highest BCUT2D eigenvalue weighted by Crippen LogP contribution is 2.44. The molecule has 0 aliphatic heterocycles. The predicted octanol–water partition coefficient (Wildman–Crippen LogP) is 4.59. The number of nitrogens with zero attached hydrogens (tertiary/aromatic N) is 2. The van der Waals surface area contributed by atoms with Gasteiger partial charge in [0.05, 0.1) is 5.69 Å². The molecule has 0 spiro atoms. The first-order chi connectivity index (χ1) is 9.33. The summed E-state index contributed by atoms with van der Waals surface area (Å²) in [7, 11) is 2.06. The van der Waals surface area contributed by atoms with Crippen molar-refractivity contribution < 1.29 is 0 Å². The Labute approximate surface area is 128 Å². The van der Waals surface area contributed by atoms with Crippen molar-refractivity contribution in [2.24, 2.45) is 24.3 Å². The molecule has 0 N–H and O–H groups in total. The first kappa shape index (κ1) is 15.9. The van der Waals surface area contributed by atoms with Gasteiger partial charge < -0.3 is 0 Å². The molecule has 3 heteroatoms. The van der Waals surface area contributed by atoms with E-state index in [1.807, 2.05) is 0 Å². The van der Waals surface area contributed by atoms with Gasteiger partial charge in [-0.3, -0.25) is 4.68 Å². The fourth-order valence-electron chi connectivity index (χ4n) is 3.70. The highest BCUT2D eigenvalue weighted by Gasteiger charge is 2.38. The molecule has 1 aliphatic carbocycles. The molecule has 20 heavy (non-hydrogen) atoms. The molecule has 3 atom stereocenters. The van der Waals surface area contributed by atoms with Crippen LogP contribution in [0.1, 0.15) is 58.3 Å². The molecule has 2 rings (SSSR count). The Morgan fingerprint density at radius 2 is 2.10 bits per heavy atom. The molecule has 1 aliphatic rings. The van der Waals surface area contributed by atoms with Gasteiger partial charge in [-0.15, -0.1) is 11.6 Å². The van der Waals surface area contributed by atoms with E-state index in [2.05, 4.69) is 50.6 Å². The van der Waals surface area contributed by atoms with Crippen LogP contribution in [0, 0.1) is 17.3 Å². The zero-order valence-corrected chi connectivity index (χ0v) is 14.4. The summed E-state index contributed by atoms with van der Waals surface area (Å²) in [5.74, 6) is 1.40. The zero-order valence-electron chi connectivity index (χ0n) is 13.6. The maximum absolute atomic E-state index is 6.68. The first-order valence-corrected chi connectivity index (χ1v) is 8.43. The average molecular weight is 297 g/mol. The Hall–Kier alpha value is -0.500. The maximum Gasteiger partial charge on any atom is 0.0624 e. The standard InChI is InChI=1S/C17H29ClN2/c1-6-13-10-14(20(5)19-13)11-17(3,4)15-8-7-12(2)9-16(15)18/h10,12,15-16H,6-9,11H2,1-5H3. The highest BCUT2D eigenvalue weighted by atomic mass is 35.5. The first-order valence-electron chi connectivity index (χ1n) is 7.99. The zero-order chi connectivity index (χ0) is 14.9. The molecule has 0 radical (unpaired) electrons. The highest BCUT2D eigenvalue weighted by molar-refractivity contribution is 6.20. The van der Waals surface area contributed by atoms with Gasteiger partial charge in [0.2, 0.25) is 0 Å². The Bertz CT molecular complexity index is 450. The van der Waals surface area contributed by atoms with Crippen LogP contribution < -0.4 is 0 Å². The molecule has 2 nitrogen and oxygen atoms in total. The smallest absolute Gasteiger partial charge is 0.0624 e. The van der Waals surface area contributed by atoms with Crippen molar-refractivity contribution in [2.75, 3.05) is 0 Å². The van der Waals surface area contributed by atoms with E-state index in [1.54, 1.807) is 0 Å². The van der Waals surface area contributed by atoms with E-state index < -0.39 is 0 Å². The normalized spacial score (nSPS) is 27.8. The summed E-state index contributed by atoms with van der Waals surface area (Å²) in [6, 6.07) is 2.26.